The van der Waals surface area contributed by atoms with E-state index in [0.29, 0.717) is 28.3 Å². The summed E-state index contributed by atoms with van der Waals surface area (Å²) >= 11 is 0. The lowest BCUT2D eigenvalue weighted by Gasteiger charge is -2.40. The molecule has 1 aliphatic carbocycles. The normalized spacial score (nSPS) is 16.3. The zero-order valence-corrected chi connectivity index (χ0v) is 42.9. The van der Waals surface area contributed by atoms with Crippen molar-refractivity contribution in [2.75, 3.05) is 32.8 Å². The monoisotopic (exact) mass is 1060 g/mol. The Hall–Kier alpha value is -8.62. The van der Waals surface area contributed by atoms with E-state index in [1.807, 2.05) is 6.92 Å². The quantitative estimate of drug-likeness (QED) is 0.0158. The number of hydrogen-bond acceptors (Lipinski definition) is 15. The SMILES string of the molecule is CCCOC1=CC(C(=O)ON2C(=O)CCC2=O)(c2ccc3c(c2-c2c(OC)ccc(S(=O)(=O)Cl)c2OC)c(C(=O)O)c2ccccc2[n+]3C)C=C2C1=C(C(=O)Oc1c(C)cc([N+](=O)[O-])cc1C)c1ccccc1N2C. The molecule has 2 aliphatic heterocycles. The summed E-state index contributed by atoms with van der Waals surface area (Å²) in [6, 6.07) is 21.5. The van der Waals surface area contributed by atoms with Crippen LogP contribution in [0.3, 0.4) is 0 Å². The van der Waals surface area contributed by atoms with Crippen LogP contribution in [0.15, 0.2) is 119 Å². The first-order chi connectivity index (χ1) is 35.7. The number of fused-ring (bicyclic) bond motifs is 4. The molecule has 0 bridgehead atoms. The first-order valence-corrected chi connectivity index (χ1v) is 25.5. The Bertz CT molecular complexity index is 3730. The number of hydrogen-bond donors (Lipinski definition) is 1. The number of carbonyl (C=O) groups excluding carboxylic acids is 4. The molecule has 2 amide bonds. The topological polar surface area (TPSA) is 239 Å². The van der Waals surface area contributed by atoms with Gasteiger partial charge in [-0.05, 0) is 79.4 Å². The number of benzene rings is 5. The fourth-order valence-corrected chi connectivity index (χ4v) is 11.1. The molecule has 1 fully saturated rings. The summed E-state index contributed by atoms with van der Waals surface area (Å²) < 4.78 is 53.3. The van der Waals surface area contributed by atoms with E-state index < -0.39 is 59.8 Å². The van der Waals surface area contributed by atoms with Gasteiger partial charge in [0.05, 0.1) is 64.5 Å². The van der Waals surface area contributed by atoms with E-state index in [1.54, 1.807) is 92.0 Å². The Kier molecular flexibility index (Phi) is 13.2. The molecule has 0 spiro atoms. The van der Waals surface area contributed by atoms with E-state index in [4.69, 9.17) is 34.5 Å². The average molecular weight is 1060 g/mol. The van der Waals surface area contributed by atoms with Gasteiger partial charge in [-0.15, -0.1) is 5.06 Å². The highest BCUT2D eigenvalue weighted by Crippen LogP contribution is 2.55. The number of esters is 1. The van der Waals surface area contributed by atoms with Gasteiger partial charge in [0.1, 0.15) is 40.4 Å². The van der Waals surface area contributed by atoms with Crippen molar-refractivity contribution in [2.45, 2.75) is 50.3 Å². The molecule has 75 heavy (non-hydrogen) atoms. The second kappa shape index (κ2) is 19.3. The Morgan fingerprint density at radius 3 is 2.17 bits per heavy atom. The van der Waals surface area contributed by atoms with Crippen molar-refractivity contribution in [1.82, 2.24) is 5.06 Å². The van der Waals surface area contributed by atoms with Crippen molar-refractivity contribution >= 4 is 88.2 Å². The molecule has 384 valence electrons. The van der Waals surface area contributed by atoms with Gasteiger partial charge < -0.3 is 33.8 Å². The third kappa shape index (κ3) is 8.44. The number of non-ortho nitro benzene ring substituents is 1. The van der Waals surface area contributed by atoms with E-state index in [2.05, 4.69) is 0 Å². The van der Waals surface area contributed by atoms with E-state index in [9.17, 15) is 38.0 Å². The summed E-state index contributed by atoms with van der Waals surface area (Å²) in [5, 5.41) is 23.7. The van der Waals surface area contributed by atoms with Gasteiger partial charge in [0, 0.05) is 71.7 Å². The summed E-state index contributed by atoms with van der Waals surface area (Å²) in [5.41, 5.74) is -1.25. The van der Waals surface area contributed by atoms with Crippen LogP contribution in [-0.2, 0) is 50.3 Å². The van der Waals surface area contributed by atoms with Gasteiger partial charge in [0.15, 0.2) is 0 Å². The zero-order chi connectivity index (χ0) is 54.0. The maximum Gasteiger partial charge on any atom is 0.351 e. The molecular formula is C54H46ClN4O15S+. The molecule has 1 unspecified atom stereocenters. The van der Waals surface area contributed by atoms with Gasteiger partial charge in [-0.25, -0.2) is 22.8 Å². The van der Waals surface area contributed by atoms with E-state index >= 15 is 9.59 Å². The third-order valence-electron chi connectivity index (χ3n) is 13.4. The molecule has 0 saturated carbocycles. The number of rotatable bonds is 14. The first kappa shape index (κ1) is 51.3. The van der Waals surface area contributed by atoms with Gasteiger partial charge in [-0.3, -0.25) is 19.7 Å². The van der Waals surface area contributed by atoms with E-state index in [-0.39, 0.29) is 109 Å². The lowest BCUT2D eigenvalue weighted by Crippen LogP contribution is -2.44. The first-order valence-electron chi connectivity index (χ1n) is 23.2. The van der Waals surface area contributed by atoms with Crippen LogP contribution in [0.5, 0.6) is 17.2 Å². The molecule has 6 aromatic rings. The predicted octanol–water partition coefficient (Wildman–Crippen LogP) is 8.21. The number of aromatic nitrogens is 1. The van der Waals surface area contributed by atoms with Gasteiger partial charge in [0.2, 0.25) is 11.0 Å². The Morgan fingerprint density at radius 1 is 0.880 bits per heavy atom. The molecule has 9 rings (SSSR count). The van der Waals surface area contributed by atoms with Crippen LogP contribution >= 0.6 is 10.7 Å². The number of aromatic carboxylic acids is 1. The number of anilines is 1. The van der Waals surface area contributed by atoms with Crippen LogP contribution in [0, 0.1) is 24.0 Å². The third-order valence-corrected chi connectivity index (χ3v) is 14.8. The van der Waals surface area contributed by atoms with Gasteiger partial charge in [-0.2, -0.15) is 4.57 Å². The molecule has 19 nitrogen and oxygen atoms in total. The summed E-state index contributed by atoms with van der Waals surface area (Å²) in [4.78, 5) is 90.1. The number of likely N-dealkylation sites (N-methyl/N-ethyl adjacent to an activating group) is 1. The predicted molar refractivity (Wildman–Crippen MR) is 272 cm³/mol. The molecular weight excluding hydrogens is 1010 g/mol. The van der Waals surface area contributed by atoms with Crippen molar-refractivity contribution in [3.05, 3.63) is 152 Å². The molecule has 1 saturated heterocycles. The van der Waals surface area contributed by atoms with Crippen molar-refractivity contribution < 1.29 is 70.8 Å². The summed E-state index contributed by atoms with van der Waals surface area (Å²) in [5.74, 6) is -5.89. The number of methoxy groups -OCH3 is 2. The van der Waals surface area contributed by atoms with Crippen LogP contribution < -0.4 is 23.7 Å². The van der Waals surface area contributed by atoms with Crippen LogP contribution in [-0.4, -0.2) is 81.1 Å². The number of pyridine rings is 1. The maximum absolute atomic E-state index is 16.0. The lowest BCUT2D eigenvalue weighted by atomic mass is 9.70. The van der Waals surface area contributed by atoms with Gasteiger partial charge in [-0.1, -0.05) is 37.3 Å². The van der Waals surface area contributed by atoms with E-state index in [1.165, 1.54) is 50.6 Å². The molecule has 1 N–H and O–H groups in total. The number of para-hydroxylation sites is 2. The number of carboxylic acid groups (broad SMARTS) is 1. The second-order valence-electron chi connectivity index (χ2n) is 17.8. The number of aryl methyl sites for hydroxylation is 3. The minimum Gasteiger partial charge on any atom is -0.496 e. The molecule has 5 aromatic carbocycles. The fraction of sp³-hybridized carbons (Fsp3) is 0.222. The van der Waals surface area contributed by atoms with Crippen molar-refractivity contribution in [2.24, 2.45) is 7.05 Å². The highest BCUT2D eigenvalue weighted by atomic mass is 35.7. The Labute approximate surface area is 432 Å². The average Bonchev–Trinajstić information content (AvgIpc) is 3.73. The highest BCUT2D eigenvalue weighted by molar-refractivity contribution is 8.13. The smallest absolute Gasteiger partial charge is 0.351 e. The number of hydroxylamine groups is 2. The molecule has 0 radical (unpaired) electrons. The molecule has 1 aromatic heterocycles. The Morgan fingerprint density at radius 2 is 1.55 bits per heavy atom. The summed E-state index contributed by atoms with van der Waals surface area (Å²) in [6.45, 7) is 4.90. The number of imide groups is 1. The van der Waals surface area contributed by atoms with Crippen LogP contribution in [0.2, 0.25) is 0 Å². The van der Waals surface area contributed by atoms with E-state index in [0.717, 1.165) is 6.07 Å². The summed E-state index contributed by atoms with van der Waals surface area (Å²) in [7, 11) is 7.24. The van der Waals surface area contributed by atoms with Crippen LogP contribution in [0.4, 0.5) is 11.4 Å². The van der Waals surface area contributed by atoms with Gasteiger partial charge >= 0.3 is 17.9 Å². The van der Waals surface area contributed by atoms with Gasteiger partial charge in [0.25, 0.3) is 26.6 Å². The number of carboxylic acids is 1. The molecule has 21 heteroatoms. The van der Waals surface area contributed by atoms with Crippen molar-refractivity contribution in [3.63, 3.8) is 0 Å². The number of nitro groups is 1. The molecule has 1 atom stereocenters. The number of nitro benzene ring substituents is 1. The highest BCUT2D eigenvalue weighted by Gasteiger charge is 2.51. The van der Waals surface area contributed by atoms with Crippen molar-refractivity contribution in [3.8, 4) is 28.4 Å². The minimum absolute atomic E-state index is 0.0298. The number of halogens is 1. The van der Waals surface area contributed by atoms with Crippen LogP contribution in [0.25, 0.3) is 38.5 Å². The number of nitrogens with zero attached hydrogens (tertiary/aromatic N) is 4. The molecule has 3 heterocycles. The summed E-state index contributed by atoms with van der Waals surface area (Å²) in [6.07, 6.45) is 2.54. The Balaban J connectivity index is 1.48. The zero-order valence-electron chi connectivity index (χ0n) is 41.3. The maximum atomic E-state index is 16.0. The lowest BCUT2D eigenvalue weighted by molar-refractivity contribution is -0.617. The van der Waals surface area contributed by atoms with Crippen molar-refractivity contribution in [1.29, 1.82) is 0 Å². The standard InChI is InChI=1S/C54H45ClN4O15S/c1-8-23-72-39-27-54(53(65)74-58-41(60)21-22-42(58)61,26-37-46(39)44(32-14-10-12-16-35(32)57(37)5)52(64)73-49-28(2)24-30(59(66)67)25-29(49)3)33-17-18-36-47(43(51(62)63)31-13-9-11-15-34(31)56(36)4)45(33)48-38(70-6)19-20-40(50(48)71-7)75(55,68)69/h9-20,24-27H,8,21-23H2,1-7H3/p+1. The molecule has 3 aliphatic rings. The second-order valence-corrected chi connectivity index (χ2v) is 20.4. The minimum atomic E-state index is -4.67. The number of carbonyl (C=O) groups is 5. The fourth-order valence-electron chi connectivity index (χ4n) is 10.1. The number of amides is 2. The largest absolute Gasteiger partial charge is 0.496 e. The van der Waals surface area contributed by atoms with Crippen LogP contribution in [0.1, 0.15) is 58.8 Å². The number of ether oxygens (including phenoxy) is 4.